The maximum Gasteiger partial charge on any atom is 0.235 e. The molecule has 1 aliphatic rings. The lowest BCUT2D eigenvalue weighted by Gasteiger charge is -2.36. The summed E-state index contributed by atoms with van der Waals surface area (Å²) in [5.41, 5.74) is 1.18. The summed E-state index contributed by atoms with van der Waals surface area (Å²) in [5, 5.41) is 3.63. The Kier molecular flexibility index (Phi) is 5.84. The van der Waals surface area contributed by atoms with Crippen molar-refractivity contribution in [1.82, 2.24) is 0 Å². The number of carbonyl (C=O) groups is 1. The minimum atomic E-state index is -0.577. The molecule has 3 aromatic carbocycles. The van der Waals surface area contributed by atoms with E-state index in [1.54, 1.807) is 6.07 Å². The summed E-state index contributed by atoms with van der Waals surface area (Å²) < 4.78 is 11.3. The third kappa shape index (κ3) is 4.29. The van der Waals surface area contributed by atoms with Crippen LogP contribution in [0.25, 0.3) is 0 Å². The first kappa shape index (κ1) is 19.5. The standard InChI is InChI=1S/C24H22ClNO3/c25-21-8-4-5-9-22(21)29-20-12-10-19(11-13-20)26-23(27)24(14-16-28-17-15-24)18-6-2-1-3-7-18/h1-13H,14-17H2,(H,26,27). The van der Waals surface area contributed by atoms with Gasteiger partial charge in [0.05, 0.1) is 10.4 Å². The molecule has 1 heterocycles. The summed E-state index contributed by atoms with van der Waals surface area (Å²) in [6.07, 6.45) is 1.33. The maximum absolute atomic E-state index is 13.3. The average molecular weight is 408 g/mol. The fourth-order valence-corrected chi connectivity index (χ4v) is 3.81. The van der Waals surface area contributed by atoms with Crippen LogP contribution in [0.1, 0.15) is 18.4 Å². The van der Waals surface area contributed by atoms with Crippen LogP contribution in [0.4, 0.5) is 5.69 Å². The molecule has 29 heavy (non-hydrogen) atoms. The van der Waals surface area contributed by atoms with Crippen molar-refractivity contribution in [2.24, 2.45) is 0 Å². The SMILES string of the molecule is O=C(Nc1ccc(Oc2ccccc2Cl)cc1)C1(c2ccccc2)CCOCC1. The molecule has 0 aliphatic carbocycles. The Balaban J connectivity index is 1.50. The van der Waals surface area contributed by atoms with Crippen LogP contribution in [0.15, 0.2) is 78.9 Å². The lowest BCUT2D eigenvalue weighted by atomic mass is 9.73. The van der Waals surface area contributed by atoms with Gasteiger partial charge in [0.1, 0.15) is 11.5 Å². The van der Waals surface area contributed by atoms with Crippen molar-refractivity contribution in [3.63, 3.8) is 0 Å². The van der Waals surface area contributed by atoms with E-state index in [-0.39, 0.29) is 5.91 Å². The number of para-hydroxylation sites is 1. The van der Waals surface area contributed by atoms with Gasteiger partial charge in [-0.3, -0.25) is 4.79 Å². The predicted molar refractivity (Wildman–Crippen MR) is 115 cm³/mol. The second-order valence-corrected chi connectivity index (χ2v) is 7.48. The van der Waals surface area contributed by atoms with Gasteiger partial charge in [0, 0.05) is 18.9 Å². The number of halogens is 1. The van der Waals surface area contributed by atoms with E-state index >= 15 is 0 Å². The summed E-state index contributed by atoms with van der Waals surface area (Å²) in [7, 11) is 0. The first-order chi connectivity index (χ1) is 14.2. The highest BCUT2D eigenvalue weighted by molar-refractivity contribution is 6.32. The van der Waals surface area contributed by atoms with E-state index in [4.69, 9.17) is 21.1 Å². The van der Waals surface area contributed by atoms with E-state index in [0.717, 1.165) is 11.3 Å². The molecule has 1 saturated heterocycles. The van der Waals surface area contributed by atoms with Crippen molar-refractivity contribution in [3.8, 4) is 11.5 Å². The van der Waals surface area contributed by atoms with Crippen LogP contribution in [0, 0.1) is 0 Å². The lowest BCUT2D eigenvalue weighted by Crippen LogP contribution is -2.44. The Morgan fingerprint density at radius 3 is 2.24 bits per heavy atom. The van der Waals surface area contributed by atoms with Crippen LogP contribution >= 0.6 is 11.6 Å². The summed E-state index contributed by atoms with van der Waals surface area (Å²) in [6, 6.07) is 24.6. The molecule has 0 atom stereocenters. The Morgan fingerprint density at radius 2 is 1.55 bits per heavy atom. The topological polar surface area (TPSA) is 47.6 Å². The number of rotatable bonds is 5. The molecule has 0 bridgehead atoms. The molecule has 1 amide bonds. The minimum absolute atomic E-state index is 0.00762. The van der Waals surface area contributed by atoms with Gasteiger partial charge >= 0.3 is 0 Å². The quantitative estimate of drug-likeness (QED) is 0.579. The lowest BCUT2D eigenvalue weighted by molar-refractivity contribution is -0.125. The molecule has 4 rings (SSSR count). The van der Waals surface area contributed by atoms with E-state index in [1.165, 1.54) is 0 Å². The van der Waals surface area contributed by atoms with Gasteiger partial charge in [0.2, 0.25) is 5.91 Å². The average Bonchev–Trinajstić information content (AvgIpc) is 2.78. The number of ether oxygens (including phenoxy) is 2. The van der Waals surface area contributed by atoms with Gasteiger partial charge in [-0.1, -0.05) is 54.1 Å². The molecule has 1 aliphatic heterocycles. The molecule has 0 saturated carbocycles. The molecule has 4 nitrogen and oxygen atoms in total. The first-order valence-corrected chi connectivity index (χ1v) is 10.0. The monoisotopic (exact) mass is 407 g/mol. The van der Waals surface area contributed by atoms with Gasteiger partial charge in [0.15, 0.2) is 0 Å². The van der Waals surface area contributed by atoms with E-state index < -0.39 is 5.41 Å². The minimum Gasteiger partial charge on any atom is -0.456 e. The Morgan fingerprint density at radius 1 is 0.897 bits per heavy atom. The highest BCUT2D eigenvalue weighted by atomic mass is 35.5. The largest absolute Gasteiger partial charge is 0.456 e. The predicted octanol–water partition coefficient (Wildman–Crippen LogP) is 5.82. The van der Waals surface area contributed by atoms with Crippen molar-refractivity contribution in [3.05, 3.63) is 89.4 Å². The van der Waals surface area contributed by atoms with Crippen LogP contribution in [0.3, 0.4) is 0 Å². The van der Waals surface area contributed by atoms with Crippen LogP contribution in [0.2, 0.25) is 5.02 Å². The molecule has 1 N–H and O–H groups in total. The van der Waals surface area contributed by atoms with E-state index in [0.29, 0.717) is 42.6 Å². The fourth-order valence-electron chi connectivity index (χ4n) is 3.64. The first-order valence-electron chi connectivity index (χ1n) is 9.65. The van der Waals surface area contributed by atoms with Gasteiger partial charge in [-0.05, 0) is 54.8 Å². The smallest absolute Gasteiger partial charge is 0.235 e. The zero-order valence-electron chi connectivity index (χ0n) is 15.9. The summed E-state index contributed by atoms with van der Waals surface area (Å²) >= 11 is 6.14. The number of hydrogen-bond donors (Lipinski definition) is 1. The molecule has 0 aromatic heterocycles. The Labute approximate surface area is 175 Å². The number of hydrogen-bond acceptors (Lipinski definition) is 3. The van der Waals surface area contributed by atoms with Crippen LogP contribution in [0.5, 0.6) is 11.5 Å². The van der Waals surface area contributed by atoms with Gasteiger partial charge in [0.25, 0.3) is 0 Å². The maximum atomic E-state index is 13.3. The van der Waals surface area contributed by atoms with Gasteiger partial charge in [-0.15, -0.1) is 0 Å². The van der Waals surface area contributed by atoms with E-state index in [9.17, 15) is 4.79 Å². The third-order valence-corrected chi connectivity index (χ3v) is 5.60. The van der Waals surface area contributed by atoms with Crippen molar-refractivity contribution in [2.45, 2.75) is 18.3 Å². The van der Waals surface area contributed by atoms with Crippen LogP contribution in [-0.4, -0.2) is 19.1 Å². The van der Waals surface area contributed by atoms with Crippen molar-refractivity contribution in [2.75, 3.05) is 18.5 Å². The van der Waals surface area contributed by atoms with Crippen molar-refractivity contribution < 1.29 is 14.3 Å². The van der Waals surface area contributed by atoms with Crippen molar-refractivity contribution in [1.29, 1.82) is 0 Å². The second-order valence-electron chi connectivity index (χ2n) is 7.07. The Bertz CT molecular complexity index is 967. The highest BCUT2D eigenvalue weighted by Crippen LogP contribution is 2.36. The van der Waals surface area contributed by atoms with Gasteiger partial charge in [-0.25, -0.2) is 0 Å². The van der Waals surface area contributed by atoms with Crippen LogP contribution < -0.4 is 10.1 Å². The molecule has 0 unspecified atom stereocenters. The van der Waals surface area contributed by atoms with E-state index in [1.807, 2.05) is 72.8 Å². The second kappa shape index (κ2) is 8.68. The van der Waals surface area contributed by atoms with Gasteiger partial charge < -0.3 is 14.8 Å². The zero-order chi connectivity index (χ0) is 20.1. The molecular formula is C24H22ClNO3. The number of benzene rings is 3. The molecule has 3 aromatic rings. The normalized spacial score (nSPS) is 15.5. The Hall–Kier alpha value is -2.82. The number of amides is 1. The highest BCUT2D eigenvalue weighted by Gasteiger charge is 2.41. The molecule has 1 fully saturated rings. The molecule has 0 spiro atoms. The zero-order valence-corrected chi connectivity index (χ0v) is 16.7. The van der Waals surface area contributed by atoms with Crippen LogP contribution in [-0.2, 0) is 14.9 Å². The third-order valence-electron chi connectivity index (χ3n) is 5.28. The van der Waals surface area contributed by atoms with Gasteiger partial charge in [-0.2, -0.15) is 0 Å². The summed E-state index contributed by atoms with van der Waals surface area (Å²) in [6.45, 7) is 1.15. The molecule has 5 heteroatoms. The number of carbonyl (C=O) groups excluding carboxylic acids is 1. The number of anilines is 1. The fraction of sp³-hybridized carbons (Fsp3) is 0.208. The van der Waals surface area contributed by atoms with E-state index in [2.05, 4.69) is 5.32 Å². The summed E-state index contributed by atoms with van der Waals surface area (Å²) in [4.78, 5) is 13.3. The number of nitrogens with one attached hydrogen (secondary N) is 1. The molecule has 0 radical (unpaired) electrons. The summed E-state index contributed by atoms with van der Waals surface area (Å²) in [5.74, 6) is 1.24. The van der Waals surface area contributed by atoms with Crippen molar-refractivity contribution >= 4 is 23.2 Å². The molecule has 148 valence electrons. The molecular weight excluding hydrogens is 386 g/mol.